The molecule has 0 spiro atoms. The molecule has 0 aliphatic carbocycles. The Morgan fingerprint density at radius 1 is 1.12 bits per heavy atom. The molecule has 4 nitrogen and oxygen atoms in total. The summed E-state index contributed by atoms with van der Waals surface area (Å²) < 4.78 is 5.38. The number of anilines is 1. The van der Waals surface area contributed by atoms with Crippen LogP contribution in [0.4, 0.5) is 10.5 Å². The molecule has 3 rings (SSSR count). The predicted octanol–water partition coefficient (Wildman–Crippen LogP) is 5.16. The quantitative estimate of drug-likeness (QED) is 0.663. The SMILES string of the molecule is CC(C)(C)OC(=O)N1C(=O)C(=Cc2cccc(Cl)c2)c2ccccc21. The Morgan fingerprint density at radius 3 is 2.52 bits per heavy atom. The molecule has 0 bridgehead atoms. The van der Waals surface area contributed by atoms with E-state index >= 15 is 0 Å². The topological polar surface area (TPSA) is 46.6 Å². The lowest BCUT2D eigenvalue weighted by Crippen LogP contribution is -2.38. The number of fused-ring (bicyclic) bond motifs is 1. The van der Waals surface area contributed by atoms with Crippen molar-refractivity contribution >= 4 is 40.9 Å². The van der Waals surface area contributed by atoms with Crippen LogP contribution in [0.1, 0.15) is 31.9 Å². The van der Waals surface area contributed by atoms with E-state index in [0.717, 1.165) is 10.5 Å². The molecule has 0 atom stereocenters. The summed E-state index contributed by atoms with van der Waals surface area (Å²) in [6.45, 7) is 5.29. The zero-order valence-electron chi connectivity index (χ0n) is 14.2. The Labute approximate surface area is 151 Å². The molecule has 0 fully saturated rings. The number of imide groups is 1. The number of hydrogen-bond acceptors (Lipinski definition) is 3. The average Bonchev–Trinajstić information content (AvgIpc) is 2.78. The van der Waals surface area contributed by atoms with E-state index in [9.17, 15) is 9.59 Å². The number of carbonyl (C=O) groups excluding carboxylic acids is 2. The van der Waals surface area contributed by atoms with Crippen LogP contribution in [0.25, 0.3) is 11.6 Å². The molecular formula is C20H18ClNO3. The van der Waals surface area contributed by atoms with E-state index in [4.69, 9.17) is 16.3 Å². The predicted molar refractivity (Wildman–Crippen MR) is 99.5 cm³/mol. The van der Waals surface area contributed by atoms with Crippen LogP contribution in [0.15, 0.2) is 48.5 Å². The fourth-order valence-corrected chi connectivity index (χ4v) is 2.83. The van der Waals surface area contributed by atoms with Crippen molar-refractivity contribution in [1.82, 2.24) is 0 Å². The first-order chi connectivity index (χ1) is 11.8. The second kappa shape index (κ2) is 6.37. The van der Waals surface area contributed by atoms with Crippen LogP contribution in [0.5, 0.6) is 0 Å². The fourth-order valence-electron chi connectivity index (χ4n) is 2.63. The van der Waals surface area contributed by atoms with E-state index < -0.39 is 17.6 Å². The normalized spacial score (nSPS) is 15.4. The van der Waals surface area contributed by atoms with E-state index in [1.165, 1.54) is 0 Å². The number of para-hydroxylation sites is 1. The molecule has 2 aromatic rings. The van der Waals surface area contributed by atoms with Crippen molar-refractivity contribution in [3.63, 3.8) is 0 Å². The molecular weight excluding hydrogens is 338 g/mol. The third kappa shape index (κ3) is 3.59. The highest BCUT2D eigenvalue weighted by molar-refractivity contribution is 6.41. The highest BCUT2D eigenvalue weighted by atomic mass is 35.5. The van der Waals surface area contributed by atoms with Gasteiger partial charge in [-0.25, -0.2) is 9.69 Å². The first-order valence-electron chi connectivity index (χ1n) is 7.90. The summed E-state index contributed by atoms with van der Waals surface area (Å²) in [5.41, 5.74) is 1.75. The third-order valence-corrected chi connectivity index (χ3v) is 3.84. The number of amides is 2. The Balaban J connectivity index is 2.05. The zero-order chi connectivity index (χ0) is 18.2. The maximum Gasteiger partial charge on any atom is 0.422 e. The molecule has 1 aliphatic rings. The number of benzene rings is 2. The minimum atomic E-state index is -0.689. The lowest BCUT2D eigenvalue weighted by Gasteiger charge is -2.23. The van der Waals surface area contributed by atoms with Gasteiger partial charge in [-0.05, 0) is 50.6 Å². The number of rotatable bonds is 1. The second-order valence-corrected chi connectivity index (χ2v) is 7.19. The Kier molecular flexibility index (Phi) is 4.39. The van der Waals surface area contributed by atoms with E-state index in [0.29, 0.717) is 21.8 Å². The van der Waals surface area contributed by atoms with E-state index in [2.05, 4.69) is 0 Å². The van der Waals surface area contributed by atoms with Gasteiger partial charge in [0.15, 0.2) is 0 Å². The molecule has 0 unspecified atom stereocenters. The molecule has 0 saturated carbocycles. The van der Waals surface area contributed by atoms with Crippen molar-refractivity contribution in [3.8, 4) is 0 Å². The van der Waals surface area contributed by atoms with Crippen molar-refractivity contribution in [2.24, 2.45) is 0 Å². The van der Waals surface area contributed by atoms with Gasteiger partial charge in [0.25, 0.3) is 5.91 Å². The van der Waals surface area contributed by atoms with E-state index in [-0.39, 0.29) is 0 Å². The maximum absolute atomic E-state index is 12.9. The molecule has 1 aliphatic heterocycles. The monoisotopic (exact) mass is 355 g/mol. The molecule has 2 aromatic carbocycles. The van der Waals surface area contributed by atoms with Crippen LogP contribution < -0.4 is 4.90 Å². The van der Waals surface area contributed by atoms with Crippen LogP contribution >= 0.6 is 11.6 Å². The first kappa shape index (κ1) is 17.2. The molecule has 0 N–H and O–H groups in total. The summed E-state index contributed by atoms with van der Waals surface area (Å²) in [6.07, 6.45) is 1.05. The van der Waals surface area contributed by atoms with Crippen molar-refractivity contribution in [2.45, 2.75) is 26.4 Å². The first-order valence-corrected chi connectivity index (χ1v) is 8.28. The molecule has 25 heavy (non-hydrogen) atoms. The maximum atomic E-state index is 12.9. The molecule has 0 aromatic heterocycles. The lowest BCUT2D eigenvalue weighted by molar-refractivity contribution is -0.112. The third-order valence-electron chi connectivity index (χ3n) is 3.60. The van der Waals surface area contributed by atoms with Crippen molar-refractivity contribution in [3.05, 3.63) is 64.7 Å². The minimum absolute atomic E-state index is 0.407. The standard InChI is InChI=1S/C20H18ClNO3/c1-20(2,3)25-19(24)22-17-10-5-4-9-15(17)16(18(22)23)12-13-7-6-8-14(21)11-13/h4-12H,1-3H3. The summed E-state index contributed by atoms with van der Waals surface area (Å²) in [5.74, 6) is -0.407. The summed E-state index contributed by atoms with van der Waals surface area (Å²) in [5, 5.41) is 0.581. The molecule has 1 heterocycles. The number of hydrogen-bond donors (Lipinski definition) is 0. The Hall–Kier alpha value is -2.59. The summed E-state index contributed by atoms with van der Waals surface area (Å²) in [6, 6.07) is 14.4. The van der Waals surface area contributed by atoms with Gasteiger partial charge in [0.2, 0.25) is 0 Å². The van der Waals surface area contributed by atoms with Crippen LogP contribution in [-0.2, 0) is 9.53 Å². The van der Waals surface area contributed by atoms with Gasteiger partial charge >= 0.3 is 6.09 Å². The van der Waals surface area contributed by atoms with Gasteiger partial charge in [0, 0.05) is 10.6 Å². The largest absolute Gasteiger partial charge is 0.443 e. The van der Waals surface area contributed by atoms with Gasteiger partial charge in [0.05, 0.1) is 11.3 Å². The number of nitrogens with zero attached hydrogens (tertiary/aromatic N) is 1. The summed E-state index contributed by atoms with van der Waals surface area (Å²) in [4.78, 5) is 26.5. The highest BCUT2D eigenvalue weighted by Crippen LogP contribution is 2.38. The van der Waals surface area contributed by atoms with E-state index in [1.807, 2.05) is 24.3 Å². The smallest absolute Gasteiger partial charge is 0.422 e. The summed E-state index contributed by atoms with van der Waals surface area (Å²) in [7, 11) is 0. The van der Waals surface area contributed by atoms with Crippen LogP contribution in [0.3, 0.4) is 0 Å². The molecule has 5 heteroatoms. The van der Waals surface area contributed by atoms with Gasteiger partial charge in [0.1, 0.15) is 5.60 Å². The number of halogens is 1. The average molecular weight is 356 g/mol. The molecule has 0 radical (unpaired) electrons. The Bertz CT molecular complexity index is 881. The van der Waals surface area contributed by atoms with Crippen LogP contribution in [0.2, 0.25) is 5.02 Å². The molecule has 128 valence electrons. The van der Waals surface area contributed by atoms with Crippen molar-refractivity contribution in [1.29, 1.82) is 0 Å². The van der Waals surface area contributed by atoms with Gasteiger partial charge in [-0.3, -0.25) is 4.79 Å². The number of carbonyl (C=O) groups is 2. The van der Waals surface area contributed by atoms with Crippen LogP contribution in [-0.4, -0.2) is 17.6 Å². The van der Waals surface area contributed by atoms with Gasteiger partial charge in [-0.1, -0.05) is 41.9 Å². The van der Waals surface area contributed by atoms with Crippen molar-refractivity contribution < 1.29 is 14.3 Å². The minimum Gasteiger partial charge on any atom is -0.443 e. The summed E-state index contributed by atoms with van der Waals surface area (Å²) >= 11 is 6.02. The highest BCUT2D eigenvalue weighted by Gasteiger charge is 2.38. The Morgan fingerprint density at radius 2 is 1.84 bits per heavy atom. The van der Waals surface area contributed by atoms with Gasteiger partial charge < -0.3 is 4.74 Å². The fraction of sp³-hybridized carbons (Fsp3) is 0.200. The number of ether oxygens (including phenoxy) is 1. The van der Waals surface area contributed by atoms with Crippen molar-refractivity contribution in [2.75, 3.05) is 4.90 Å². The van der Waals surface area contributed by atoms with Gasteiger partial charge in [-0.2, -0.15) is 0 Å². The van der Waals surface area contributed by atoms with Gasteiger partial charge in [-0.15, -0.1) is 0 Å². The van der Waals surface area contributed by atoms with E-state index in [1.54, 1.807) is 51.1 Å². The molecule has 2 amide bonds. The zero-order valence-corrected chi connectivity index (χ0v) is 15.0. The molecule has 0 saturated heterocycles. The second-order valence-electron chi connectivity index (χ2n) is 6.75. The lowest BCUT2D eigenvalue weighted by atomic mass is 10.0. The van der Waals surface area contributed by atoms with Crippen LogP contribution in [0, 0.1) is 0 Å².